The van der Waals surface area contributed by atoms with Crippen LogP contribution < -0.4 is 5.32 Å². The molecule has 0 bridgehead atoms. The molecule has 2 heterocycles. The molecular weight excluding hydrogens is 322 g/mol. The van der Waals surface area contributed by atoms with Crippen LogP contribution in [0.1, 0.15) is 19.4 Å². The van der Waals surface area contributed by atoms with Crippen LogP contribution in [0, 0.1) is 5.92 Å². The zero-order chi connectivity index (χ0) is 18.3. The van der Waals surface area contributed by atoms with Crippen molar-refractivity contribution in [2.45, 2.75) is 13.8 Å². The molecule has 130 valence electrons. The molecule has 0 unspecified atom stereocenters. The third-order valence-electron chi connectivity index (χ3n) is 4.57. The van der Waals surface area contributed by atoms with Crippen molar-refractivity contribution < 1.29 is 4.79 Å². The number of nitrogens with one attached hydrogen (secondary N) is 1. The highest BCUT2D eigenvalue weighted by atomic mass is 16.1. The van der Waals surface area contributed by atoms with Crippen LogP contribution in [0.15, 0.2) is 71.9 Å². The molecule has 0 saturated heterocycles. The van der Waals surface area contributed by atoms with Gasteiger partial charge in [0.1, 0.15) is 0 Å². The highest BCUT2D eigenvalue weighted by Gasteiger charge is 2.29. The number of fused-ring (bicyclic) bond motifs is 3. The number of hydrogen-bond donors (Lipinski definition) is 1. The molecular formula is C22H21N3O. The molecule has 0 fully saturated rings. The fourth-order valence-corrected chi connectivity index (χ4v) is 3.20. The highest BCUT2D eigenvalue weighted by molar-refractivity contribution is 6.25. The normalized spacial score (nSPS) is 15.5. The summed E-state index contributed by atoms with van der Waals surface area (Å²) in [5.74, 6) is 0.913. The van der Waals surface area contributed by atoms with Crippen LogP contribution in [0.2, 0.25) is 0 Å². The molecule has 0 radical (unpaired) electrons. The molecule has 0 saturated carbocycles. The molecule has 2 aromatic carbocycles. The number of carbonyl (C=O) groups is 1. The summed E-state index contributed by atoms with van der Waals surface area (Å²) >= 11 is 0. The molecule has 4 rings (SSSR count). The standard InChI is InChI=1S/C22H21N3O/c1-14(2)13-23-22(26)18-9-6-10-25-15(3)19-11-16-7-4-5-8-17(16)12-20(19)24-21(18)25/h4-12,14H,3,13H2,1-2H3,(H,23,26). The molecule has 0 atom stereocenters. The first-order chi connectivity index (χ1) is 12.5. The van der Waals surface area contributed by atoms with Gasteiger partial charge < -0.3 is 10.2 Å². The average molecular weight is 343 g/mol. The molecule has 4 nitrogen and oxygen atoms in total. The lowest BCUT2D eigenvalue weighted by Gasteiger charge is -2.32. The zero-order valence-corrected chi connectivity index (χ0v) is 15.0. The van der Waals surface area contributed by atoms with Crippen molar-refractivity contribution in [1.29, 1.82) is 0 Å². The Hall–Kier alpha value is -3.14. The second-order valence-electron chi connectivity index (χ2n) is 6.99. The fourth-order valence-electron chi connectivity index (χ4n) is 3.20. The van der Waals surface area contributed by atoms with E-state index in [1.807, 2.05) is 35.4 Å². The van der Waals surface area contributed by atoms with E-state index >= 15 is 0 Å². The Bertz CT molecular complexity index is 1010. The molecule has 1 amide bonds. The summed E-state index contributed by atoms with van der Waals surface area (Å²) in [4.78, 5) is 19.3. The van der Waals surface area contributed by atoms with Crippen LogP contribution in [0.4, 0.5) is 5.69 Å². The fraction of sp³-hybridized carbons (Fsp3) is 0.182. The number of aliphatic imine (C=N–C) groups is 1. The monoisotopic (exact) mass is 343 g/mol. The quantitative estimate of drug-likeness (QED) is 0.899. The summed E-state index contributed by atoms with van der Waals surface area (Å²) in [6, 6.07) is 12.4. The van der Waals surface area contributed by atoms with Crippen molar-refractivity contribution >= 4 is 33.9 Å². The van der Waals surface area contributed by atoms with E-state index in [0.717, 1.165) is 27.7 Å². The Morgan fingerprint density at radius 3 is 2.69 bits per heavy atom. The topological polar surface area (TPSA) is 44.7 Å². The van der Waals surface area contributed by atoms with Gasteiger partial charge in [-0.15, -0.1) is 0 Å². The SMILES string of the molecule is C=C1c2cc3ccccc3cc2N=C2C(C(=O)NCC(C)C)=CC=CN12. The second-order valence-corrected chi connectivity index (χ2v) is 6.99. The summed E-state index contributed by atoms with van der Waals surface area (Å²) in [7, 11) is 0. The van der Waals surface area contributed by atoms with Crippen LogP contribution in [0.3, 0.4) is 0 Å². The predicted molar refractivity (Wildman–Crippen MR) is 107 cm³/mol. The molecule has 0 aromatic heterocycles. The van der Waals surface area contributed by atoms with Crippen LogP contribution in [-0.4, -0.2) is 23.2 Å². The van der Waals surface area contributed by atoms with Crippen molar-refractivity contribution in [1.82, 2.24) is 10.2 Å². The lowest BCUT2D eigenvalue weighted by Crippen LogP contribution is -2.38. The summed E-state index contributed by atoms with van der Waals surface area (Å²) < 4.78 is 0. The van der Waals surface area contributed by atoms with Gasteiger partial charge in [-0.05, 0) is 41.0 Å². The van der Waals surface area contributed by atoms with E-state index in [0.29, 0.717) is 23.9 Å². The zero-order valence-electron chi connectivity index (χ0n) is 15.0. The smallest absolute Gasteiger partial charge is 0.255 e. The van der Waals surface area contributed by atoms with Crippen molar-refractivity contribution in [3.63, 3.8) is 0 Å². The maximum atomic E-state index is 12.6. The number of hydrogen-bond acceptors (Lipinski definition) is 3. The van der Waals surface area contributed by atoms with Gasteiger partial charge in [0, 0.05) is 24.0 Å². The van der Waals surface area contributed by atoms with Gasteiger partial charge in [0.15, 0.2) is 5.84 Å². The number of allylic oxidation sites excluding steroid dienone is 2. The van der Waals surface area contributed by atoms with Gasteiger partial charge in [0.25, 0.3) is 5.91 Å². The highest BCUT2D eigenvalue weighted by Crippen LogP contribution is 2.38. The van der Waals surface area contributed by atoms with Crippen LogP contribution in [0.25, 0.3) is 16.5 Å². The molecule has 4 heteroatoms. The van der Waals surface area contributed by atoms with Gasteiger partial charge in [-0.25, -0.2) is 4.99 Å². The van der Waals surface area contributed by atoms with Gasteiger partial charge in [0.2, 0.25) is 0 Å². The predicted octanol–water partition coefficient (Wildman–Crippen LogP) is 4.38. The van der Waals surface area contributed by atoms with E-state index in [9.17, 15) is 4.79 Å². The maximum absolute atomic E-state index is 12.6. The van der Waals surface area contributed by atoms with Crippen molar-refractivity contribution in [2.24, 2.45) is 10.9 Å². The minimum atomic E-state index is -0.108. The summed E-state index contributed by atoms with van der Waals surface area (Å²) in [5.41, 5.74) is 3.22. The first-order valence-corrected chi connectivity index (χ1v) is 8.81. The van der Waals surface area contributed by atoms with Crippen LogP contribution in [-0.2, 0) is 4.79 Å². The third kappa shape index (κ3) is 2.73. The molecule has 0 spiro atoms. The van der Waals surface area contributed by atoms with Gasteiger partial charge in [-0.3, -0.25) is 4.79 Å². The number of amides is 1. The Morgan fingerprint density at radius 1 is 1.23 bits per heavy atom. The Labute approximate surface area is 153 Å². The molecule has 1 N–H and O–H groups in total. The minimum absolute atomic E-state index is 0.108. The minimum Gasteiger partial charge on any atom is -0.352 e. The van der Waals surface area contributed by atoms with E-state index in [4.69, 9.17) is 4.99 Å². The van der Waals surface area contributed by atoms with Gasteiger partial charge in [-0.1, -0.05) is 44.7 Å². The molecule has 0 aliphatic carbocycles. The Morgan fingerprint density at radius 2 is 1.96 bits per heavy atom. The molecule has 2 aliphatic heterocycles. The van der Waals surface area contributed by atoms with Gasteiger partial charge in [0.05, 0.1) is 11.3 Å². The lowest BCUT2D eigenvalue weighted by atomic mass is 9.99. The second kappa shape index (κ2) is 6.30. The largest absolute Gasteiger partial charge is 0.352 e. The number of amidine groups is 1. The van der Waals surface area contributed by atoms with Crippen molar-refractivity contribution in [3.8, 4) is 0 Å². The number of nitrogens with zero attached hydrogens (tertiary/aromatic N) is 2. The van der Waals surface area contributed by atoms with Crippen molar-refractivity contribution in [2.75, 3.05) is 6.54 Å². The van der Waals surface area contributed by atoms with E-state index < -0.39 is 0 Å². The first kappa shape index (κ1) is 16.3. The molecule has 26 heavy (non-hydrogen) atoms. The Balaban J connectivity index is 1.78. The summed E-state index contributed by atoms with van der Waals surface area (Å²) in [6.45, 7) is 9.03. The molecule has 2 aliphatic rings. The van der Waals surface area contributed by atoms with Crippen LogP contribution in [0.5, 0.6) is 0 Å². The third-order valence-corrected chi connectivity index (χ3v) is 4.57. The van der Waals surface area contributed by atoms with Crippen molar-refractivity contribution in [3.05, 3.63) is 72.5 Å². The number of rotatable bonds is 3. The van der Waals surface area contributed by atoms with E-state index in [1.165, 1.54) is 0 Å². The molecule has 2 aromatic rings. The number of benzene rings is 2. The van der Waals surface area contributed by atoms with E-state index in [2.05, 4.69) is 50.0 Å². The lowest BCUT2D eigenvalue weighted by molar-refractivity contribution is -0.117. The van der Waals surface area contributed by atoms with Gasteiger partial charge >= 0.3 is 0 Å². The maximum Gasteiger partial charge on any atom is 0.255 e. The van der Waals surface area contributed by atoms with Gasteiger partial charge in [-0.2, -0.15) is 0 Å². The summed E-state index contributed by atoms with van der Waals surface area (Å²) in [6.07, 6.45) is 5.57. The average Bonchev–Trinajstić information content (AvgIpc) is 2.64. The number of carbonyl (C=O) groups excluding carboxylic acids is 1. The van der Waals surface area contributed by atoms with Crippen LogP contribution >= 0.6 is 0 Å². The first-order valence-electron chi connectivity index (χ1n) is 8.81. The summed E-state index contributed by atoms with van der Waals surface area (Å²) in [5, 5.41) is 5.25. The van der Waals surface area contributed by atoms with E-state index in [1.54, 1.807) is 0 Å². The Kier molecular flexibility index (Phi) is 3.96. The van der Waals surface area contributed by atoms with E-state index in [-0.39, 0.29) is 5.91 Å².